The largest absolute Gasteiger partial charge is 0.497 e. The highest BCUT2D eigenvalue weighted by molar-refractivity contribution is 5.28. The molecule has 0 atom stereocenters. The number of rotatable bonds is 4. The first-order valence-corrected chi connectivity index (χ1v) is 4.35. The zero-order valence-corrected chi connectivity index (χ0v) is 7.86. The van der Waals surface area contributed by atoms with Crippen LogP contribution in [0.25, 0.3) is 0 Å². The number of hydrogen-bond donors (Lipinski definition) is 1. The molecule has 1 rings (SSSR count). The average Bonchev–Trinajstić information content (AvgIpc) is 2.19. The van der Waals surface area contributed by atoms with Crippen LogP contribution in [-0.2, 0) is 6.42 Å². The van der Waals surface area contributed by atoms with Gasteiger partial charge >= 0.3 is 0 Å². The van der Waals surface area contributed by atoms with Crippen LogP contribution in [0.2, 0.25) is 0 Å². The van der Waals surface area contributed by atoms with E-state index in [0.29, 0.717) is 6.54 Å². The van der Waals surface area contributed by atoms with Gasteiger partial charge in [0.25, 0.3) is 0 Å². The summed E-state index contributed by atoms with van der Waals surface area (Å²) < 4.78 is 5.06. The molecule has 0 aromatic heterocycles. The topological polar surface area (TPSA) is 35.2 Å². The fraction of sp³-hybridized carbons (Fsp3) is 0.273. The molecule has 0 spiro atoms. The van der Waals surface area contributed by atoms with Gasteiger partial charge < -0.3 is 10.5 Å². The van der Waals surface area contributed by atoms with E-state index in [0.717, 1.165) is 12.2 Å². The zero-order valence-electron chi connectivity index (χ0n) is 7.86. The summed E-state index contributed by atoms with van der Waals surface area (Å²) in [5.41, 5.74) is 6.60. The van der Waals surface area contributed by atoms with Crippen LogP contribution in [0.1, 0.15) is 5.56 Å². The minimum absolute atomic E-state index is 0.607. The summed E-state index contributed by atoms with van der Waals surface area (Å²) in [6.45, 7) is 0.607. The second-order valence-electron chi connectivity index (χ2n) is 2.76. The molecule has 0 fully saturated rings. The quantitative estimate of drug-likeness (QED) is 0.711. The fourth-order valence-electron chi connectivity index (χ4n) is 1.08. The maximum Gasteiger partial charge on any atom is 0.118 e. The molecule has 1 aromatic rings. The van der Waals surface area contributed by atoms with E-state index >= 15 is 0 Å². The first-order valence-electron chi connectivity index (χ1n) is 4.35. The SMILES string of the molecule is COc1ccc(C/C=C/CN)cc1. The smallest absolute Gasteiger partial charge is 0.118 e. The highest BCUT2D eigenvalue weighted by Gasteiger charge is 1.90. The van der Waals surface area contributed by atoms with Crippen molar-refractivity contribution in [3.8, 4) is 5.75 Å². The monoisotopic (exact) mass is 177 g/mol. The van der Waals surface area contributed by atoms with Crippen molar-refractivity contribution in [3.05, 3.63) is 42.0 Å². The minimum Gasteiger partial charge on any atom is -0.497 e. The Morgan fingerprint density at radius 3 is 2.46 bits per heavy atom. The Hall–Kier alpha value is -1.28. The maximum absolute atomic E-state index is 5.33. The van der Waals surface area contributed by atoms with E-state index in [1.165, 1.54) is 5.56 Å². The van der Waals surface area contributed by atoms with Crippen molar-refractivity contribution in [1.29, 1.82) is 0 Å². The second-order valence-corrected chi connectivity index (χ2v) is 2.76. The molecule has 0 bridgehead atoms. The van der Waals surface area contributed by atoms with Crippen molar-refractivity contribution < 1.29 is 4.74 Å². The Morgan fingerprint density at radius 2 is 1.92 bits per heavy atom. The molecule has 0 aliphatic rings. The average molecular weight is 177 g/mol. The summed E-state index contributed by atoms with van der Waals surface area (Å²) in [7, 11) is 1.67. The van der Waals surface area contributed by atoms with Gasteiger partial charge in [-0.05, 0) is 24.1 Å². The third-order valence-corrected chi connectivity index (χ3v) is 1.82. The molecule has 0 saturated heterocycles. The number of allylic oxidation sites excluding steroid dienone is 1. The molecule has 0 saturated carbocycles. The van der Waals surface area contributed by atoms with E-state index in [1.807, 2.05) is 18.2 Å². The van der Waals surface area contributed by atoms with Crippen LogP contribution in [0, 0.1) is 0 Å². The summed E-state index contributed by atoms with van der Waals surface area (Å²) in [5.74, 6) is 0.895. The molecule has 2 heteroatoms. The molecule has 13 heavy (non-hydrogen) atoms. The fourth-order valence-corrected chi connectivity index (χ4v) is 1.08. The van der Waals surface area contributed by atoms with Gasteiger partial charge in [0, 0.05) is 6.54 Å². The summed E-state index contributed by atoms with van der Waals surface area (Å²) in [5, 5.41) is 0. The summed E-state index contributed by atoms with van der Waals surface area (Å²) >= 11 is 0. The molecule has 0 amide bonds. The number of ether oxygens (including phenoxy) is 1. The minimum atomic E-state index is 0.607. The van der Waals surface area contributed by atoms with Crippen molar-refractivity contribution in [3.63, 3.8) is 0 Å². The normalized spacial score (nSPS) is 10.6. The Balaban J connectivity index is 2.54. The van der Waals surface area contributed by atoms with Gasteiger partial charge in [-0.1, -0.05) is 24.3 Å². The van der Waals surface area contributed by atoms with Gasteiger partial charge in [0.2, 0.25) is 0 Å². The Bertz CT molecular complexity index is 264. The molecular weight excluding hydrogens is 162 g/mol. The van der Waals surface area contributed by atoms with E-state index in [1.54, 1.807) is 7.11 Å². The number of methoxy groups -OCH3 is 1. The lowest BCUT2D eigenvalue weighted by molar-refractivity contribution is 0.414. The molecule has 2 nitrogen and oxygen atoms in total. The van der Waals surface area contributed by atoms with Gasteiger partial charge in [0.05, 0.1) is 7.11 Å². The van der Waals surface area contributed by atoms with Crippen molar-refractivity contribution in [2.75, 3.05) is 13.7 Å². The molecule has 0 aliphatic heterocycles. The Labute approximate surface area is 79.0 Å². The van der Waals surface area contributed by atoms with Gasteiger partial charge in [-0.25, -0.2) is 0 Å². The van der Waals surface area contributed by atoms with Gasteiger partial charge in [-0.2, -0.15) is 0 Å². The van der Waals surface area contributed by atoms with Crippen LogP contribution in [0.5, 0.6) is 5.75 Å². The maximum atomic E-state index is 5.33. The van der Waals surface area contributed by atoms with E-state index < -0.39 is 0 Å². The van der Waals surface area contributed by atoms with E-state index in [2.05, 4.69) is 18.2 Å². The standard InChI is InChI=1S/C11H15NO/c1-13-11-7-5-10(6-8-11)4-2-3-9-12/h2-3,5-8H,4,9,12H2,1H3/b3-2+. The van der Waals surface area contributed by atoms with Crippen molar-refractivity contribution in [1.82, 2.24) is 0 Å². The molecule has 0 aliphatic carbocycles. The number of nitrogens with two attached hydrogens (primary N) is 1. The highest BCUT2D eigenvalue weighted by Crippen LogP contribution is 2.11. The van der Waals surface area contributed by atoms with Crippen molar-refractivity contribution in [2.24, 2.45) is 5.73 Å². The van der Waals surface area contributed by atoms with E-state index in [9.17, 15) is 0 Å². The Kier molecular flexibility index (Phi) is 4.06. The number of hydrogen-bond acceptors (Lipinski definition) is 2. The molecular formula is C11H15NO. The van der Waals surface area contributed by atoms with Crippen LogP contribution in [0.3, 0.4) is 0 Å². The van der Waals surface area contributed by atoms with Crippen LogP contribution >= 0.6 is 0 Å². The lowest BCUT2D eigenvalue weighted by Crippen LogP contribution is -1.92. The third-order valence-electron chi connectivity index (χ3n) is 1.82. The predicted molar refractivity (Wildman–Crippen MR) is 54.9 cm³/mol. The van der Waals surface area contributed by atoms with Crippen molar-refractivity contribution in [2.45, 2.75) is 6.42 Å². The summed E-state index contributed by atoms with van der Waals surface area (Å²) in [4.78, 5) is 0. The van der Waals surface area contributed by atoms with Gasteiger partial charge in [0.15, 0.2) is 0 Å². The Morgan fingerprint density at radius 1 is 1.23 bits per heavy atom. The number of benzene rings is 1. The van der Waals surface area contributed by atoms with Crippen molar-refractivity contribution >= 4 is 0 Å². The second kappa shape index (κ2) is 5.38. The lowest BCUT2D eigenvalue weighted by atomic mass is 10.1. The van der Waals surface area contributed by atoms with Crippen LogP contribution in [0.4, 0.5) is 0 Å². The zero-order chi connectivity index (χ0) is 9.52. The van der Waals surface area contributed by atoms with Gasteiger partial charge in [-0.3, -0.25) is 0 Å². The summed E-state index contributed by atoms with van der Waals surface area (Å²) in [6.07, 6.45) is 4.97. The van der Waals surface area contributed by atoms with Crippen LogP contribution in [0.15, 0.2) is 36.4 Å². The molecule has 70 valence electrons. The van der Waals surface area contributed by atoms with Gasteiger partial charge in [-0.15, -0.1) is 0 Å². The lowest BCUT2D eigenvalue weighted by Gasteiger charge is -2.00. The first kappa shape index (κ1) is 9.81. The molecule has 0 radical (unpaired) electrons. The van der Waals surface area contributed by atoms with E-state index in [4.69, 9.17) is 10.5 Å². The van der Waals surface area contributed by atoms with Crippen LogP contribution < -0.4 is 10.5 Å². The molecule has 0 unspecified atom stereocenters. The van der Waals surface area contributed by atoms with Gasteiger partial charge in [0.1, 0.15) is 5.75 Å². The molecule has 0 heterocycles. The molecule has 1 aromatic carbocycles. The highest BCUT2D eigenvalue weighted by atomic mass is 16.5. The van der Waals surface area contributed by atoms with Crippen LogP contribution in [-0.4, -0.2) is 13.7 Å². The van der Waals surface area contributed by atoms with E-state index in [-0.39, 0.29) is 0 Å². The molecule has 2 N–H and O–H groups in total. The summed E-state index contributed by atoms with van der Waals surface area (Å²) in [6, 6.07) is 8.04. The first-order chi connectivity index (χ1) is 6.36. The third kappa shape index (κ3) is 3.30. The predicted octanol–water partition coefficient (Wildman–Crippen LogP) is 1.75.